The molecule has 3 N–H and O–H groups in total. The number of ether oxygens (including phenoxy) is 1. The van der Waals surface area contributed by atoms with Crippen molar-refractivity contribution in [2.75, 3.05) is 6.61 Å². The Balaban J connectivity index is 2.44. The van der Waals surface area contributed by atoms with Crippen LogP contribution in [0.5, 0.6) is 0 Å². The van der Waals surface area contributed by atoms with Crippen LogP contribution in [0.15, 0.2) is 12.2 Å². The standard InChI is InChI=1S/C25H44O6/c1-5-6-15-24(3,4)16-10-11-20-13-14-22(27)21(20)12-8-7-9-17-25(30,23(28)29)31-18-19(2)26/h10-11,19-21,26,30H,5-9,12-18H2,1-4H3,(H,28,29)/t19?,20-,21+,25?/m0/s1. The van der Waals surface area contributed by atoms with Gasteiger partial charge in [-0.1, -0.05) is 58.6 Å². The van der Waals surface area contributed by atoms with Crippen LogP contribution in [-0.4, -0.2) is 45.6 Å². The van der Waals surface area contributed by atoms with Crippen molar-refractivity contribution in [3.05, 3.63) is 12.2 Å². The van der Waals surface area contributed by atoms with Crippen LogP contribution in [-0.2, 0) is 14.3 Å². The van der Waals surface area contributed by atoms with E-state index in [1.54, 1.807) is 0 Å². The average Bonchev–Trinajstić information content (AvgIpc) is 3.04. The number of hydrogen-bond acceptors (Lipinski definition) is 5. The molecule has 0 radical (unpaired) electrons. The number of hydrogen-bond donors (Lipinski definition) is 3. The molecule has 4 atom stereocenters. The fraction of sp³-hybridized carbons (Fsp3) is 0.840. The molecule has 1 rings (SSSR count). The van der Waals surface area contributed by atoms with E-state index in [1.165, 1.54) is 26.2 Å². The van der Waals surface area contributed by atoms with Crippen molar-refractivity contribution in [1.29, 1.82) is 0 Å². The number of carboxylic acid groups (broad SMARTS) is 1. The van der Waals surface area contributed by atoms with E-state index in [0.29, 0.717) is 30.0 Å². The van der Waals surface area contributed by atoms with Crippen LogP contribution in [0.25, 0.3) is 0 Å². The van der Waals surface area contributed by atoms with Gasteiger partial charge in [-0.05, 0) is 50.4 Å². The molecule has 2 unspecified atom stereocenters. The zero-order chi connectivity index (χ0) is 23.5. The van der Waals surface area contributed by atoms with Crippen molar-refractivity contribution in [2.24, 2.45) is 17.3 Å². The summed E-state index contributed by atoms with van der Waals surface area (Å²) in [5, 5.41) is 28.6. The van der Waals surface area contributed by atoms with Gasteiger partial charge < -0.3 is 20.1 Å². The predicted molar refractivity (Wildman–Crippen MR) is 122 cm³/mol. The highest BCUT2D eigenvalue weighted by atomic mass is 16.6. The van der Waals surface area contributed by atoms with Crippen molar-refractivity contribution in [1.82, 2.24) is 0 Å². The number of Topliss-reactive ketones (excluding diaryl/α,β-unsaturated/α-hetero) is 1. The quantitative estimate of drug-likeness (QED) is 0.180. The van der Waals surface area contributed by atoms with E-state index in [0.717, 1.165) is 32.1 Å². The van der Waals surface area contributed by atoms with Gasteiger partial charge in [-0.15, -0.1) is 0 Å². The topological polar surface area (TPSA) is 104 Å². The number of aliphatic hydroxyl groups excluding tert-OH is 1. The van der Waals surface area contributed by atoms with Crippen LogP contribution >= 0.6 is 0 Å². The molecular weight excluding hydrogens is 396 g/mol. The molecule has 180 valence electrons. The lowest BCUT2D eigenvalue weighted by Gasteiger charge is -2.24. The van der Waals surface area contributed by atoms with Crippen molar-refractivity contribution >= 4 is 11.8 Å². The zero-order valence-corrected chi connectivity index (χ0v) is 19.9. The number of ketones is 1. The minimum absolute atomic E-state index is 0.0379. The first-order valence-electron chi connectivity index (χ1n) is 12.0. The van der Waals surface area contributed by atoms with Gasteiger partial charge in [0.2, 0.25) is 0 Å². The molecule has 0 aromatic heterocycles. The van der Waals surface area contributed by atoms with Crippen LogP contribution in [0.1, 0.15) is 98.3 Å². The van der Waals surface area contributed by atoms with E-state index in [1.807, 2.05) is 0 Å². The SMILES string of the molecule is CCCCC(C)(C)CC=C[C@H]1CCC(=O)[C@@H]1CCCCCC(O)(OCC(C)O)C(=O)O. The largest absolute Gasteiger partial charge is 0.477 e. The Morgan fingerprint density at radius 3 is 2.55 bits per heavy atom. The van der Waals surface area contributed by atoms with E-state index in [4.69, 9.17) is 4.74 Å². The molecule has 1 aliphatic carbocycles. The molecule has 0 bridgehead atoms. The molecule has 0 heterocycles. The van der Waals surface area contributed by atoms with E-state index in [2.05, 4.69) is 32.9 Å². The van der Waals surface area contributed by atoms with Gasteiger partial charge in [0.25, 0.3) is 5.79 Å². The summed E-state index contributed by atoms with van der Waals surface area (Å²) in [6, 6.07) is 0. The molecule has 1 aliphatic rings. The number of carbonyl (C=O) groups is 2. The van der Waals surface area contributed by atoms with Crippen molar-refractivity contribution in [2.45, 2.75) is 110 Å². The number of allylic oxidation sites excluding steroid dienone is 2. The second-order valence-electron chi connectivity index (χ2n) is 10.0. The van der Waals surface area contributed by atoms with E-state index in [-0.39, 0.29) is 18.9 Å². The van der Waals surface area contributed by atoms with Crippen LogP contribution in [0.3, 0.4) is 0 Å². The Morgan fingerprint density at radius 1 is 1.23 bits per heavy atom. The Morgan fingerprint density at radius 2 is 1.94 bits per heavy atom. The molecule has 0 aliphatic heterocycles. The van der Waals surface area contributed by atoms with Gasteiger partial charge in [-0.3, -0.25) is 4.79 Å². The molecule has 0 amide bonds. The Labute approximate surface area is 188 Å². The molecule has 1 saturated carbocycles. The summed E-state index contributed by atoms with van der Waals surface area (Å²) in [4.78, 5) is 23.7. The predicted octanol–water partition coefficient (Wildman–Crippen LogP) is 4.87. The third kappa shape index (κ3) is 10.3. The van der Waals surface area contributed by atoms with Crippen molar-refractivity contribution in [3.8, 4) is 0 Å². The van der Waals surface area contributed by atoms with Gasteiger partial charge in [0.05, 0.1) is 12.7 Å². The van der Waals surface area contributed by atoms with Gasteiger partial charge in [-0.2, -0.15) is 0 Å². The van der Waals surface area contributed by atoms with Gasteiger partial charge in [-0.25, -0.2) is 4.79 Å². The lowest BCUT2D eigenvalue weighted by molar-refractivity contribution is -0.232. The Hall–Kier alpha value is -1.24. The Bertz CT molecular complexity index is 583. The number of rotatable bonds is 16. The molecule has 0 saturated heterocycles. The lowest BCUT2D eigenvalue weighted by atomic mass is 9.83. The molecular formula is C25H44O6. The summed E-state index contributed by atoms with van der Waals surface area (Å²) < 4.78 is 5.01. The summed E-state index contributed by atoms with van der Waals surface area (Å²) in [6.07, 6.45) is 12.7. The maximum absolute atomic E-state index is 12.4. The van der Waals surface area contributed by atoms with Gasteiger partial charge in [0.15, 0.2) is 0 Å². The average molecular weight is 441 g/mol. The normalized spacial score (nSPS) is 22.7. The van der Waals surface area contributed by atoms with Crippen molar-refractivity contribution < 1.29 is 29.6 Å². The zero-order valence-electron chi connectivity index (χ0n) is 19.9. The summed E-state index contributed by atoms with van der Waals surface area (Å²) in [5.41, 5.74) is 0.293. The summed E-state index contributed by atoms with van der Waals surface area (Å²) in [7, 11) is 0. The van der Waals surface area contributed by atoms with Crippen molar-refractivity contribution in [3.63, 3.8) is 0 Å². The second-order valence-corrected chi connectivity index (χ2v) is 10.0. The van der Waals surface area contributed by atoms with Gasteiger partial charge in [0, 0.05) is 18.8 Å². The van der Waals surface area contributed by atoms with Crippen LogP contribution in [0.4, 0.5) is 0 Å². The smallest absolute Gasteiger partial charge is 0.364 e. The summed E-state index contributed by atoms with van der Waals surface area (Å²) in [5.74, 6) is -3.01. The highest BCUT2D eigenvalue weighted by molar-refractivity contribution is 5.83. The maximum Gasteiger partial charge on any atom is 0.364 e. The van der Waals surface area contributed by atoms with E-state index < -0.39 is 17.9 Å². The first-order chi connectivity index (χ1) is 14.5. The van der Waals surface area contributed by atoms with Gasteiger partial charge >= 0.3 is 5.97 Å². The number of unbranched alkanes of at least 4 members (excludes halogenated alkanes) is 3. The van der Waals surface area contributed by atoms with Gasteiger partial charge in [0.1, 0.15) is 5.78 Å². The second kappa shape index (κ2) is 13.3. The lowest BCUT2D eigenvalue weighted by Crippen LogP contribution is -2.43. The number of aliphatic carboxylic acids is 1. The fourth-order valence-corrected chi connectivity index (χ4v) is 4.26. The first-order valence-corrected chi connectivity index (χ1v) is 12.0. The monoisotopic (exact) mass is 440 g/mol. The summed E-state index contributed by atoms with van der Waals surface area (Å²) >= 11 is 0. The van der Waals surface area contributed by atoms with Crippen LogP contribution in [0.2, 0.25) is 0 Å². The maximum atomic E-state index is 12.4. The first kappa shape index (κ1) is 27.8. The number of aliphatic hydroxyl groups is 2. The summed E-state index contributed by atoms with van der Waals surface area (Å²) in [6.45, 7) is 8.05. The Kier molecular flexibility index (Phi) is 12.0. The number of carboxylic acids is 1. The molecule has 31 heavy (non-hydrogen) atoms. The molecule has 0 aromatic carbocycles. The van der Waals surface area contributed by atoms with E-state index >= 15 is 0 Å². The minimum atomic E-state index is -2.27. The third-order valence-electron chi connectivity index (χ3n) is 6.34. The molecule has 6 nitrogen and oxygen atoms in total. The number of carbonyl (C=O) groups excluding carboxylic acids is 1. The highest BCUT2D eigenvalue weighted by Crippen LogP contribution is 2.35. The molecule has 1 fully saturated rings. The minimum Gasteiger partial charge on any atom is -0.477 e. The van der Waals surface area contributed by atoms with E-state index in [9.17, 15) is 24.9 Å². The van der Waals surface area contributed by atoms with Crippen LogP contribution in [0, 0.1) is 17.3 Å². The highest BCUT2D eigenvalue weighted by Gasteiger charge is 2.37. The van der Waals surface area contributed by atoms with Crippen LogP contribution < -0.4 is 0 Å². The fourth-order valence-electron chi connectivity index (χ4n) is 4.26. The molecule has 0 spiro atoms. The molecule has 0 aromatic rings. The third-order valence-corrected chi connectivity index (χ3v) is 6.34. The molecule has 6 heteroatoms.